The van der Waals surface area contributed by atoms with Crippen molar-refractivity contribution in [3.05, 3.63) is 71.9 Å². The Kier molecular flexibility index (Phi) is 9.28. The van der Waals surface area contributed by atoms with Gasteiger partial charge in [-0.15, -0.1) is 15.3 Å². The summed E-state index contributed by atoms with van der Waals surface area (Å²) >= 11 is 0. The summed E-state index contributed by atoms with van der Waals surface area (Å²) in [5.74, 6) is -2.27. The van der Waals surface area contributed by atoms with Gasteiger partial charge in [0, 0.05) is 11.5 Å². The number of rotatable bonds is 10. The molecule has 0 aliphatic heterocycles. The quantitative estimate of drug-likeness (QED) is 0.0561. The van der Waals surface area contributed by atoms with Gasteiger partial charge in [0.05, 0.1) is 35.4 Å². The third-order valence-electron chi connectivity index (χ3n) is 6.97. The van der Waals surface area contributed by atoms with Gasteiger partial charge in [0.2, 0.25) is 11.6 Å². The van der Waals surface area contributed by atoms with Crippen molar-refractivity contribution in [2.75, 3.05) is 14.2 Å². The molecule has 49 heavy (non-hydrogen) atoms. The lowest BCUT2D eigenvalue weighted by Crippen LogP contribution is -2.02. The molecule has 0 saturated heterocycles. The van der Waals surface area contributed by atoms with Crippen LogP contribution in [0, 0.1) is 6.92 Å². The van der Waals surface area contributed by atoms with Gasteiger partial charge < -0.3 is 38.5 Å². The lowest BCUT2D eigenvalue weighted by atomic mass is 10.1. The minimum absolute atomic E-state index is 0.0139. The highest BCUT2D eigenvalue weighted by molar-refractivity contribution is 8.19. The van der Waals surface area contributed by atoms with Gasteiger partial charge in [0.1, 0.15) is 33.7 Å². The third kappa shape index (κ3) is 6.99. The van der Waals surface area contributed by atoms with E-state index in [0.717, 1.165) is 40.6 Å². The second-order valence-corrected chi connectivity index (χ2v) is 13.0. The second-order valence-electron chi connectivity index (χ2n) is 10.1. The lowest BCUT2D eigenvalue weighted by molar-refractivity contribution is 0.0690. The van der Waals surface area contributed by atoms with E-state index in [9.17, 15) is 46.7 Å². The number of carboxylic acid groups (broad SMARTS) is 1. The number of aromatic carboxylic acids is 1. The summed E-state index contributed by atoms with van der Waals surface area (Å²) in [6.07, 6.45) is 0. The Morgan fingerprint density at radius 3 is 2.06 bits per heavy atom. The highest BCUT2D eigenvalue weighted by atomic mass is 32.3. The van der Waals surface area contributed by atoms with Crippen molar-refractivity contribution in [1.29, 1.82) is 0 Å². The number of benzene rings is 4. The van der Waals surface area contributed by atoms with E-state index >= 15 is 0 Å². The van der Waals surface area contributed by atoms with Crippen LogP contribution in [0.5, 0.6) is 23.1 Å². The summed E-state index contributed by atoms with van der Waals surface area (Å²) in [4.78, 5) is 10.9. The summed E-state index contributed by atoms with van der Waals surface area (Å²) in [7, 11) is -6.11. The Morgan fingerprint density at radius 2 is 1.47 bits per heavy atom. The number of ether oxygens (including phenoxy) is 2. The maximum absolute atomic E-state index is 11.9. The Hall–Kier alpha value is -5.64. The zero-order valence-corrected chi connectivity index (χ0v) is 27.1. The number of hydrogen-bond donors (Lipinski definition) is 7. The summed E-state index contributed by atoms with van der Waals surface area (Å²) in [6, 6.07) is 12.7. The molecule has 5 aromatic rings. The molecule has 256 valence electrons. The Bertz CT molecular complexity index is 2280. The van der Waals surface area contributed by atoms with Crippen molar-refractivity contribution in [3.8, 4) is 28.8 Å². The van der Waals surface area contributed by atoms with Gasteiger partial charge in [-0.3, -0.25) is 4.55 Å². The van der Waals surface area contributed by atoms with Crippen LogP contribution in [0.2, 0.25) is 0 Å². The van der Waals surface area contributed by atoms with Crippen LogP contribution >= 0.6 is 10.9 Å². The number of azo groups is 2. The van der Waals surface area contributed by atoms with Crippen molar-refractivity contribution >= 4 is 60.5 Å². The summed E-state index contributed by atoms with van der Waals surface area (Å²) < 4.78 is 73.8. The normalized spacial score (nSPS) is 12.6. The topological polar surface area (TPSA) is 279 Å². The van der Waals surface area contributed by atoms with Gasteiger partial charge >= 0.3 is 5.97 Å². The molecule has 0 radical (unpaired) electrons. The van der Waals surface area contributed by atoms with Crippen molar-refractivity contribution in [2.24, 2.45) is 20.5 Å². The molecular formula is C29H26N6O12S2. The number of nitrogens with zero attached hydrogens (tertiary/aromatic N) is 6. The van der Waals surface area contributed by atoms with Crippen LogP contribution in [0.4, 0.5) is 22.7 Å². The van der Waals surface area contributed by atoms with Crippen LogP contribution < -0.4 is 9.47 Å². The highest BCUT2D eigenvalue weighted by Gasteiger charge is 2.27. The predicted molar refractivity (Wildman–Crippen MR) is 174 cm³/mol. The Balaban J connectivity index is 1.58. The van der Waals surface area contributed by atoms with E-state index < -0.39 is 65.4 Å². The van der Waals surface area contributed by atoms with Crippen LogP contribution in [0.15, 0.2) is 90.9 Å². The predicted octanol–water partition coefficient (Wildman–Crippen LogP) is 7.12. The number of fused-ring (bicyclic) bond motifs is 1. The van der Waals surface area contributed by atoms with Crippen LogP contribution in [0.1, 0.15) is 16.1 Å². The van der Waals surface area contributed by atoms with E-state index in [2.05, 4.69) is 25.6 Å². The zero-order chi connectivity index (χ0) is 35.8. The fraction of sp³-hybridized carbons (Fsp3) is 0.103. The molecule has 4 aromatic carbocycles. The van der Waals surface area contributed by atoms with Gasteiger partial charge in [-0.25, -0.2) is 4.79 Å². The van der Waals surface area contributed by atoms with Crippen molar-refractivity contribution in [3.63, 3.8) is 0 Å². The van der Waals surface area contributed by atoms with Crippen LogP contribution in [-0.4, -0.2) is 71.9 Å². The van der Waals surface area contributed by atoms with Crippen LogP contribution in [-0.2, 0) is 10.1 Å². The smallest absolute Gasteiger partial charge is 0.358 e. The van der Waals surface area contributed by atoms with Crippen molar-refractivity contribution in [1.82, 2.24) is 9.78 Å². The number of carbonyl (C=O) groups is 1. The van der Waals surface area contributed by atoms with Gasteiger partial charge in [-0.1, -0.05) is 6.07 Å². The Morgan fingerprint density at radius 1 is 0.816 bits per heavy atom. The number of carboxylic acids is 1. The molecule has 0 amide bonds. The summed E-state index contributed by atoms with van der Waals surface area (Å²) in [5, 5.41) is 51.6. The number of methoxy groups -OCH3 is 2. The van der Waals surface area contributed by atoms with E-state index in [1.165, 1.54) is 38.5 Å². The van der Waals surface area contributed by atoms with Crippen LogP contribution in [0.3, 0.4) is 0 Å². The maximum atomic E-state index is 11.9. The molecule has 0 spiro atoms. The van der Waals surface area contributed by atoms with Crippen molar-refractivity contribution in [2.45, 2.75) is 16.7 Å². The monoisotopic (exact) mass is 714 g/mol. The van der Waals surface area contributed by atoms with E-state index in [1.807, 2.05) is 0 Å². The molecule has 18 nitrogen and oxygen atoms in total. The SMILES string of the molecule is COc1cc(N=Nc2c(S(O)(O)O)cc3ccc(N=Nc4c(C(=O)O)nn(-c5ccc(S(=O)(=O)O)cc5)c4O)cc3c2O)c(OC)cc1C. The number of aryl methyl sites for hydroxylation is 1. The minimum Gasteiger partial charge on any atom is -0.505 e. The molecular weight excluding hydrogens is 688 g/mol. The molecule has 0 aliphatic rings. The molecule has 7 N–H and O–H groups in total. The fourth-order valence-electron chi connectivity index (χ4n) is 4.60. The van der Waals surface area contributed by atoms with E-state index in [4.69, 9.17) is 9.47 Å². The number of phenols is 1. The number of aromatic nitrogens is 2. The van der Waals surface area contributed by atoms with Crippen LogP contribution in [0.25, 0.3) is 16.5 Å². The van der Waals surface area contributed by atoms with Crippen molar-refractivity contribution < 1.29 is 56.2 Å². The standard InChI is InChI=1S/C29H26N6O12S2/c1-14-10-22(47-3)20(13-21(14)46-2)31-32-24-23(49(43,44)45)11-15-4-5-16(12-19(15)27(24)36)30-33-25-26(29(38)39)34-35(28(25)37)17-6-8-18(9-7-17)48(40,41)42/h4-13,36-37,43-45H,1-3H3,(H,38,39)(H,40,41,42). The molecule has 0 atom stereocenters. The molecule has 0 bridgehead atoms. The molecule has 20 heteroatoms. The largest absolute Gasteiger partial charge is 0.505 e. The third-order valence-corrected chi connectivity index (χ3v) is 8.74. The second kappa shape index (κ2) is 13.1. The van der Waals surface area contributed by atoms with Gasteiger partial charge in [-0.05, 0) is 66.4 Å². The molecule has 0 unspecified atom stereocenters. The fourth-order valence-corrected chi connectivity index (χ4v) is 5.76. The van der Waals surface area contributed by atoms with Gasteiger partial charge in [-0.2, -0.15) is 23.3 Å². The first-order chi connectivity index (χ1) is 23.0. The number of phenolic OH excluding ortho intramolecular Hbond substituents is 1. The van der Waals surface area contributed by atoms with Gasteiger partial charge in [0.15, 0.2) is 11.4 Å². The number of aromatic hydroxyl groups is 2. The zero-order valence-electron chi connectivity index (χ0n) is 25.4. The molecule has 1 heterocycles. The average Bonchev–Trinajstić information content (AvgIpc) is 3.38. The van der Waals surface area contributed by atoms with Gasteiger partial charge in [0.25, 0.3) is 10.1 Å². The number of hydrogen-bond acceptors (Lipinski definition) is 15. The molecule has 1 aromatic heterocycles. The molecule has 0 aliphatic carbocycles. The van der Waals surface area contributed by atoms with E-state index in [-0.39, 0.29) is 33.6 Å². The van der Waals surface area contributed by atoms with E-state index in [0.29, 0.717) is 5.75 Å². The van der Waals surface area contributed by atoms with E-state index in [1.54, 1.807) is 13.0 Å². The maximum Gasteiger partial charge on any atom is 0.358 e. The molecule has 5 rings (SSSR count). The molecule has 0 saturated carbocycles. The first-order valence-electron chi connectivity index (χ1n) is 13.5. The summed E-state index contributed by atoms with van der Waals surface area (Å²) in [6.45, 7) is 1.77. The minimum atomic E-state index is -4.52. The highest BCUT2D eigenvalue weighted by Crippen LogP contribution is 2.54. The molecule has 0 fully saturated rings. The Labute approximate surface area is 278 Å². The first-order valence-corrected chi connectivity index (χ1v) is 16.5. The first kappa shape index (κ1) is 34.7. The average molecular weight is 715 g/mol. The lowest BCUT2D eigenvalue weighted by Gasteiger charge is -2.22. The summed E-state index contributed by atoms with van der Waals surface area (Å²) in [5.41, 5.74) is -0.874.